The van der Waals surface area contributed by atoms with E-state index < -0.39 is 11.9 Å². The summed E-state index contributed by atoms with van der Waals surface area (Å²) in [5.41, 5.74) is 0.366. The van der Waals surface area contributed by atoms with Gasteiger partial charge in [-0.05, 0) is 49.8 Å². The van der Waals surface area contributed by atoms with Crippen LogP contribution in [-0.4, -0.2) is 21.4 Å². The predicted molar refractivity (Wildman–Crippen MR) is 92.3 cm³/mol. The normalized spacial score (nSPS) is 11.4. The lowest BCUT2D eigenvalue weighted by atomic mass is 10.3. The van der Waals surface area contributed by atoms with Crippen molar-refractivity contribution in [1.82, 2.24) is 15.1 Å². The zero-order valence-corrected chi connectivity index (χ0v) is 14.4. The Balaban J connectivity index is 1.77. The fourth-order valence-electron chi connectivity index (χ4n) is 2.05. The number of benzene rings is 1. The number of nitrogens with one attached hydrogen (secondary N) is 2. The average molecular weight is 377 g/mol. The Morgan fingerprint density at radius 1 is 1.33 bits per heavy atom. The summed E-state index contributed by atoms with van der Waals surface area (Å²) in [6, 6.07) is 8.16. The van der Waals surface area contributed by atoms with Crippen LogP contribution in [-0.2, 0) is 12.7 Å². The van der Waals surface area contributed by atoms with E-state index in [1.807, 2.05) is 6.07 Å². The second kappa shape index (κ2) is 7.85. The average Bonchev–Trinajstić information content (AvgIpc) is 2.85. The van der Waals surface area contributed by atoms with Crippen LogP contribution in [0.25, 0.3) is 0 Å². The number of halogens is 4. The van der Waals surface area contributed by atoms with Gasteiger partial charge in [0.25, 0.3) is 0 Å². The monoisotopic (exact) mass is 376 g/mol. The molecule has 0 bridgehead atoms. The highest BCUT2D eigenvalue weighted by Crippen LogP contribution is 2.28. The van der Waals surface area contributed by atoms with Gasteiger partial charge in [-0.3, -0.25) is 4.68 Å². The molecular formula is C15H16ClF3N4S. The Morgan fingerprint density at radius 3 is 2.71 bits per heavy atom. The van der Waals surface area contributed by atoms with E-state index in [4.69, 9.17) is 23.8 Å². The Bertz CT molecular complexity index is 715. The second-order valence-electron chi connectivity index (χ2n) is 5.14. The molecule has 0 saturated carbocycles. The molecule has 130 valence electrons. The molecule has 0 saturated heterocycles. The molecule has 0 aliphatic carbocycles. The quantitative estimate of drug-likeness (QED) is 0.605. The number of aryl methyl sites for hydroxylation is 2. The van der Waals surface area contributed by atoms with E-state index in [0.717, 1.165) is 11.8 Å². The van der Waals surface area contributed by atoms with Gasteiger partial charge < -0.3 is 10.6 Å². The lowest BCUT2D eigenvalue weighted by molar-refractivity contribution is -0.141. The van der Waals surface area contributed by atoms with Crippen LogP contribution in [0.1, 0.15) is 17.8 Å². The highest BCUT2D eigenvalue weighted by atomic mass is 35.5. The maximum absolute atomic E-state index is 12.6. The SMILES string of the molecule is Cc1cc(C(F)(F)F)nn1CCCNC(=S)Nc1cccc(Cl)c1. The third kappa shape index (κ3) is 5.38. The summed E-state index contributed by atoms with van der Waals surface area (Å²) in [6.07, 6.45) is -3.84. The van der Waals surface area contributed by atoms with Crippen LogP contribution >= 0.6 is 23.8 Å². The maximum atomic E-state index is 12.6. The molecule has 2 rings (SSSR count). The predicted octanol–water partition coefficient (Wildman–Crippen LogP) is 4.24. The smallest absolute Gasteiger partial charge is 0.362 e. The van der Waals surface area contributed by atoms with Crippen LogP contribution in [0, 0.1) is 6.92 Å². The van der Waals surface area contributed by atoms with Gasteiger partial charge in [-0.25, -0.2) is 0 Å². The first-order valence-electron chi connectivity index (χ1n) is 7.18. The van der Waals surface area contributed by atoms with Crippen molar-refractivity contribution in [3.05, 3.63) is 46.7 Å². The Morgan fingerprint density at radius 2 is 2.08 bits per heavy atom. The van der Waals surface area contributed by atoms with E-state index in [1.165, 1.54) is 4.68 Å². The molecule has 1 aromatic heterocycles. The summed E-state index contributed by atoms with van der Waals surface area (Å²) in [4.78, 5) is 0. The van der Waals surface area contributed by atoms with Gasteiger partial charge in [0.15, 0.2) is 10.8 Å². The molecule has 0 radical (unpaired) electrons. The first kappa shape index (κ1) is 18.5. The Labute approximate surface area is 148 Å². The second-order valence-corrected chi connectivity index (χ2v) is 5.98. The fourth-order valence-corrected chi connectivity index (χ4v) is 2.46. The van der Waals surface area contributed by atoms with Gasteiger partial charge in [-0.15, -0.1) is 0 Å². The van der Waals surface area contributed by atoms with Gasteiger partial charge >= 0.3 is 6.18 Å². The lowest BCUT2D eigenvalue weighted by Crippen LogP contribution is -2.29. The first-order valence-corrected chi connectivity index (χ1v) is 7.96. The number of rotatable bonds is 5. The number of thiocarbonyl (C=S) groups is 1. The number of aromatic nitrogens is 2. The Kier molecular flexibility index (Phi) is 6.06. The summed E-state index contributed by atoms with van der Waals surface area (Å²) >= 11 is 11.0. The molecule has 0 amide bonds. The Hall–Kier alpha value is -1.80. The molecule has 0 aliphatic heterocycles. The van der Waals surface area contributed by atoms with Gasteiger partial charge in [-0.1, -0.05) is 17.7 Å². The zero-order chi connectivity index (χ0) is 17.7. The fraction of sp³-hybridized carbons (Fsp3) is 0.333. The number of nitrogens with zero attached hydrogens (tertiary/aromatic N) is 2. The number of anilines is 1. The molecule has 1 heterocycles. The molecule has 2 N–H and O–H groups in total. The van der Waals surface area contributed by atoms with E-state index in [9.17, 15) is 13.2 Å². The molecule has 0 spiro atoms. The third-order valence-corrected chi connectivity index (χ3v) is 3.67. The van der Waals surface area contributed by atoms with Gasteiger partial charge in [0, 0.05) is 29.5 Å². The number of alkyl halides is 3. The van der Waals surface area contributed by atoms with Gasteiger partial charge in [0.1, 0.15) is 0 Å². The standard InChI is InChI=1S/C15H16ClF3N4S/c1-10-8-13(15(17,18)19)22-23(10)7-3-6-20-14(24)21-12-5-2-4-11(16)9-12/h2,4-5,8-9H,3,6-7H2,1H3,(H2,20,21,24). The molecule has 0 unspecified atom stereocenters. The summed E-state index contributed by atoms with van der Waals surface area (Å²) < 4.78 is 39.1. The molecule has 2 aromatic rings. The largest absolute Gasteiger partial charge is 0.435 e. The minimum Gasteiger partial charge on any atom is -0.362 e. The van der Waals surface area contributed by atoms with Crippen LogP contribution in [0.3, 0.4) is 0 Å². The van der Waals surface area contributed by atoms with E-state index in [2.05, 4.69) is 15.7 Å². The number of hydrogen-bond acceptors (Lipinski definition) is 2. The molecule has 4 nitrogen and oxygen atoms in total. The molecule has 0 atom stereocenters. The lowest BCUT2D eigenvalue weighted by Gasteiger charge is -2.11. The molecule has 24 heavy (non-hydrogen) atoms. The van der Waals surface area contributed by atoms with Gasteiger partial charge in [-0.2, -0.15) is 18.3 Å². The van der Waals surface area contributed by atoms with E-state index in [-0.39, 0.29) is 0 Å². The maximum Gasteiger partial charge on any atom is 0.435 e. The summed E-state index contributed by atoms with van der Waals surface area (Å²) in [6.45, 7) is 2.47. The minimum absolute atomic E-state index is 0.370. The van der Waals surface area contributed by atoms with Crippen LogP contribution < -0.4 is 10.6 Å². The van der Waals surface area contributed by atoms with Gasteiger partial charge in [0.05, 0.1) is 0 Å². The topological polar surface area (TPSA) is 41.9 Å². The van der Waals surface area contributed by atoms with Crippen LogP contribution in [0.4, 0.5) is 18.9 Å². The molecular weight excluding hydrogens is 361 g/mol. The van der Waals surface area contributed by atoms with Crippen molar-refractivity contribution in [2.45, 2.75) is 26.1 Å². The van der Waals surface area contributed by atoms with Crippen molar-refractivity contribution < 1.29 is 13.2 Å². The summed E-state index contributed by atoms with van der Waals surface area (Å²) in [5.74, 6) is 0. The molecule has 9 heteroatoms. The molecule has 0 fully saturated rings. The summed E-state index contributed by atoms with van der Waals surface area (Å²) in [7, 11) is 0. The van der Waals surface area contributed by atoms with E-state index >= 15 is 0 Å². The van der Waals surface area contributed by atoms with Crippen molar-refractivity contribution in [2.24, 2.45) is 0 Å². The van der Waals surface area contributed by atoms with Crippen molar-refractivity contribution in [3.63, 3.8) is 0 Å². The van der Waals surface area contributed by atoms with Crippen LogP contribution in [0.2, 0.25) is 5.02 Å². The zero-order valence-electron chi connectivity index (χ0n) is 12.8. The van der Waals surface area contributed by atoms with Crippen LogP contribution in [0.5, 0.6) is 0 Å². The number of hydrogen-bond donors (Lipinski definition) is 2. The van der Waals surface area contributed by atoms with Crippen molar-refractivity contribution in [3.8, 4) is 0 Å². The van der Waals surface area contributed by atoms with Crippen LogP contribution in [0.15, 0.2) is 30.3 Å². The summed E-state index contributed by atoms with van der Waals surface area (Å²) in [5, 5.41) is 10.6. The highest BCUT2D eigenvalue weighted by molar-refractivity contribution is 7.80. The van der Waals surface area contributed by atoms with Crippen molar-refractivity contribution in [2.75, 3.05) is 11.9 Å². The van der Waals surface area contributed by atoms with Gasteiger partial charge in [0.2, 0.25) is 0 Å². The van der Waals surface area contributed by atoms with Crippen molar-refractivity contribution >= 4 is 34.6 Å². The minimum atomic E-state index is -4.42. The first-order chi connectivity index (χ1) is 11.3. The van der Waals surface area contributed by atoms with E-state index in [1.54, 1.807) is 25.1 Å². The third-order valence-electron chi connectivity index (χ3n) is 3.19. The van der Waals surface area contributed by atoms with Crippen molar-refractivity contribution in [1.29, 1.82) is 0 Å². The highest BCUT2D eigenvalue weighted by Gasteiger charge is 2.34. The molecule has 1 aromatic carbocycles. The van der Waals surface area contributed by atoms with E-state index in [0.29, 0.717) is 35.3 Å². The molecule has 0 aliphatic rings.